The highest BCUT2D eigenvalue weighted by Crippen LogP contribution is 2.26. The summed E-state index contributed by atoms with van der Waals surface area (Å²) in [5, 5.41) is 6.40. The fourth-order valence-electron chi connectivity index (χ4n) is 2.87. The molecule has 2 aromatic carbocycles. The lowest BCUT2D eigenvalue weighted by atomic mass is 9.97. The molecule has 22 heavy (non-hydrogen) atoms. The second-order valence-electron chi connectivity index (χ2n) is 5.63. The smallest absolute Gasteiger partial charge is 0.256 e. The van der Waals surface area contributed by atoms with Crippen LogP contribution in [-0.4, -0.2) is 12.5 Å². The number of benzene rings is 2. The summed E-state index contributed by atoms with van der Waals surface area (Å²) in [6.07, 6.45) is 2.03. The third-order valence-electron chi connectivity index (χ3n) is 3.97. The number of rotatable bonds is 2. The van der Waals surface area contributed by atoms with E-state index in [4.69, 9.17) is 0 Å². The molecule has 0 spiro atoms. The number of nitrogens with one attached hydrogen (secondary N) is 2. The van der Waals surface area contributed by atoms with Crippen LogP contribution in [0.3, 0.4) is 0 Å². The molecule has 0 radical (unpaired) electrons. The first-order valence-corrected chi connectivity index (χ1v) is 7.39. The second-order valence-corrected chi connectivity index (χ2v) is 5.63. The van der Waals surface area contributed by atoms with Gasteiger partial charge in [-0.1, -0.05) is 23.8 Å². The number of carbonyl (C=O) groups excluding carboxylic acids is 1. The van der Waals surface area contributed by atoms with Crippen molar-refractivity contribution in [2.75, 3.05) is 17.2 Å². The minimum absolute atomic E-state index is 0. The highest BCUT2D eigenvalue weighted by Gasteiger charge is 2.17. The minimum atomic E-state index is -0.0255. The summed E-state index contributed by atoms with van der Waals surface area (Å²) in [6, 6.07) is 12.0. The largest absolute Gasteiger partial charge is 0.385 e. The monoisotopic (exact) mass is 316 g/mol. The van der Waals surface area contributed by atoms with Crippen LogP contribution in [0.2, 0.25) is 0 Å². The van der Waals surface area contributed by atoms with Crippen LogP contribution in [0.25, 0.3) is 0 Å². The van der Waals surface area contributed by atoms with Gasteiger partial charge in [0.2, 0.25) is 0 Å². The van der Waals surface area contributed by atoms with E-state index in [-0.39, 0.29) is 18.3 Å². The molecular formula is C18H21ClN2O. The number of hydrogen-bond donors (Lipinski definition) is 2. The Kier molecular flexibility index (Phi) is 5.09. The zero-order valence-electron chi connectivity index (χ0n) is 12.9. The zero-order chi connectivity index (χ0) is 14.8. The highest BCUT2D eigenvalue weighted by molar-refractivity contribution is 6.06. The van der Waals surface area contributed by atoms with Crippen molar-refractivity contribution in [3.8, 4) is 0 Å². The van der Waals surface area contributed by atoms with Crippen molar-refractivity contribution in [3.63, 3.8) is 0 Å². The lowest BCUT2D eigenvalue weighted by molar-refractivity contribution is 0.102. The average Bonchev–Trinajstić information content (AvgIpc) is 2.49. The topological polar surface area (TPSA) is 41.1 Å². The Morgan fingerprint density at radius 2 is 2.00 bits per heavy atom. The average molecular weight is 317 g/mol. The van der Waals surface area contributed by atoms with Gasteiger partial charge in [0.15, 0.2) is 0 Å². The molecule has 4 heteroatoms. The maximum atomic E-state index is 12.6. The Morgan fingerprint density at radius 1 is 1.18 bits per heavy atom. The number of halogens is 1. The normalized spacial score (nSPS) is 12.6. The molecule has 0 aromatic heterocycles. The highest BCUT2D eigenvalue weighted by atomic mass is 35.5. The molecule has 1 aliphatic rings. The summed E-state index contributed by atoms with van der Waals surface area (Å²) in [6.45, 7) is 5.05. The summed E-state index contributed by atoms with van der Waals surface area (Å²) < 4.78 is 0. The van der Waals surface area contributed by atoms with Crippen molar-refractivity contribution in [2.24, 2.45) is 0 Å². The predicted octanol–water partition coefficient (Wildman–Crippen LogP) is 4.34. The molecule has 3 nitrogen and oxygen atoms in total. The first kappa shape index (κ1) is 16.4. The van der Waals surface area contributed by atoms with E-state index >= 15 is 0 Å². The third kappa shape index (κ3) is 3.25. The molecule has 1 amide bonds. The van der Waals surface area contributed by atoms with E-state index in [1.54, 1.807) is 0 Å². The van der Waals surface area contributed by atoms with Crippen molar-refractivity contribution in [1.82, 2.24) is 0 Å². The number of aryl methyl sites for hydroxylation is 2. The van der Waals surface area contributed by atoms with Gasteiger partial charge >= 0.3 is 0 Å². The number of carbonyl (C=O) groups is 1. The Hall–Kier alpha value is -2.00. The van der Waals surface area contributed by atoms with Crippen LogP contribution >= 0.6 is 12.4 Å². The summed E-state index contributed by atoms with van der Waals surface area (Å²) in [7, 11) is 0. The first-order valence-electron chi connectivity index (χ1n) is 7.39. The standard InChI is InChI=1S/C18H20N2O.ClH/c1-12-8-9-16(13(2)11-12)20-18(21)15-5-3-7-17-14(15)6-4-10-19-17;/h3,5,7-9,11,19H,4,6,10H2,1-2H3,(H,20,21);1H. The van der Waals surface area contributed by atoms with Gasteiger partial charge in [0, 0.05) is 23.5 Å². The van der Waals surface area contributed by atoms with Gasteiger partial charge in [0.05, 0.1) is 0 Å². The van der Waals surface area contributed by atoms with Crippen molar-refractivity contribution >= 4 is 29.7 Å². The molecule has 2 aromatic rings. The zero-order valence-corrected chi connectivity index (χ0v) is 13.7. The van der Waals surface area contributed by atoms with Gasteiger partial charge in [-0.25, -0.2) is 0 Å². The SMILES string of the molecule is Cc1ccc(NC(=O)c2cccc3c2CCCN3)c(C)c1.Cl. The Bertz CT molecular complexity index is 697. The van der Waals surface area contributed by atoms with E-state index in [0.29, 0.717) is 0 Å². The van der Waals surface area contributed by atoms with Crippen molar-refractivity contribution < 1.29 is 4.79 Å². The molecule has 1 aliphatic heterocycles. The van der Waals surface area contributed by atoms with Gasteiger partial charge in [-0.15, -0.1) is 12.4 Å². The van der Waals surface area contributed by atoms with Gasteiger partial charge < -0.3 is 10.6 Å². The summed E-state index contributed by atoms with van der Waals surface area (Å²) in [5.41, 5.74) is 6.17. The van der Waals surface area contributed by atoms with Crippen LogP contribution in [-0.2, 0) is 6.42 Å². The molecule has 0 fully saturated rings. The van der Waals surface area contributed by atoms with E-state index in [2.05, 4.69) is 23.6 Å². The molecule has 2 N–H and O–H groups in total. The lowest BCUT2D eigenvalue weighted by Gasteiger charge is -2.20. The van der Waals surface area contributed by atoms with Gasteiger partial charge in [-0.3, -0.25) is 4.79 Å². The lowest BCUT2D eigenvalue weighted by Crippen LogP contribution is -2.19. The van der Waals surface area contributed by atoms with Crippen LogP contribution in [0.1, 0.15) is 33.5 Å². The van der Waals surface area contributed by atoms with Crippen LogP contribution in [0.4, 0.5) is 11.4 Å². The number of fused-ring (bicyclic) bond motifs is 1. The van der Waals surface area contributed by atoms with E-state index in [1.807, 2.05) is 37.3 Å². The van der Waals surface area contributed by atoms with Gasteiger partial charge in [-0.2, -0.15) is 0 Å². The molecule has 0 atom stereocenters. The second kappa shape index (κ2) is 6.84. The summed E-state index contributed by atoms with van der Waals surface area (Å²) >= 11 is 0. The van der Waals surface area contributed by atoms with E-state index in [9.17, 15) is 4.79 Å². The fourth-order valence-corrected chi connectivity index (χ4v) is 2.87. The van der Waals surface area contributed by atoms with Crippen molar-refractivity contribution in [3.05, 3.63) is 58.7 Å². The van der Waals surface area contributed by atoms with Crippen LogP contribution in [0, 0.1) is 13.8 Å². The van der Waals surface area contributed by atoms with E-state index < -0.39 is 0 Å². The van der Waals surface area contributed by atoms with E-state index in [1.165, 1.54) is 5.56 Å². The Morgan fingerprint density at radius 3 is 2.77 bits per heavy atom. The molecule has 0 bridgehead atoms. The molecule has 3 rings (SSSR count). The van der Waals surface area contributed by atoms with Crippen molar-refractivity contribution in [2.45, 2.75) is 26.7 Å². The minimum Gasteiger partial charge on any atom is -0.385 e. The van der Waals surface area contributed by atoms with Gasteiger partial charge in [-0.05, 0) is 56.0 Å². The molecule has 0 saturated heterocycles. The molecule has 0 unspecified atom stereocenters. The molecular weight excluding hydrogens is 296 g/mol. The predicted molar refractivity (Wildman–Crippen MR) is 94.4 cm³/mol. The molecule has 1 heterocycles. The Balaban J connectivity index is 0.00000176. The number of amides is 1. The Labute approximate surface area is 137 Å². The summed E-state index contributed by atoms with van der Waals surface area (Å²) in [4.78, 5) is 12.6. The van der Waals surface area contributed by atoms with Crippen molar-refractivity contribution in [1.29, 1.82) is 0 Å². The number of hydrogen-bond acceptors (Lipinski definition) is 2. The maximum absolute atomic E-state index is 12.6. The summed E-state index contributed by atoms with van der Waals surface area (Å²) in [5.74, 6) is -0.0255. The first-order chi connectivity index (χ1) is 10.1. The van der Waals surface area contributed by atoms with Gasteiger partial charge in [0.1, 0.15) is 0 Å². The van der Waals surface area contributed by atoms with Gasteiger partial charge in [0.25, 0.3) is 5.91 Å². The fraction of sp³-hybridized carbons (Fsp3) is 0.278. The molecule has 0 aliphatic carbocycles. The molecule has 0 saturated carbocycles. The van der Waals surface area contributed by atoms with Crippen LogP contribution in [0.15, 0.2) is 36.4 Å². The maximum Gasteiger partial charge on any atom is 0.256 e. The molecule has 116 valence electrons. The van der Waals surface area contributed by atoms with Crippen LogP contribution in [0.5, 0.6) is 0 Å². The quantitative estimate of drug-likeness (QED) is 0.865. The van der Waals surface area contributed by atoms with E-state index in [0.717, 1.165) is 47.5 Å². The number of anilines is 2. The van der Waals surface area contributed by atoms with Crippen LogP contribution < -0.4 is 10.6 Å². The third-order valence-corrected chi connectivity index (χ3v) is 3.97.